The van der Waals surface area contributed by atoms with Crippen LogP contribution in [0.5, 0.6) is 0 Å². The number of carboxylic acids is 1. The maximum atomic E-state index is 12.6. The van der Waals surface area contributed by atoms with Crippen LogP contribution in [0.15, 0.2) is 30.3 Å². The molecule has 6 nitrogen and oxygen atoms in total. The van der Waals surface area contributed by atoms with E-state index in [-0.39, 0.29) is 11.8 Å². The molecular formula is C20H23N3O3. The SMILES string of the molecule is Cc1cc(N2CCN(C(=O)[C@H]3CC[C@@H]3C(=O)[O-])CC2)c2ccccc2[nH+]1. The maximum Gasteiger partial charge on any atom is 0.226 e. The number of aryl methyl sites for hydroxylation is 1. The number of rotatable bonds is 3. The van der Waals surface area contributed by atoms with Gasteiger partial charge in [0.05, 0.1) is 11.1 Å². The van der Waals surface area contributed by atoms with Gasteiger partial charge in [0.2, 0.25) is 11.4 Å². The van der Waals surface area contributed by atoms with E-state index >= 15 is 0 Å². The van der Waals surface area contributed by atoms with Crippen LogP contribution >= 0.6 is 0 Å². The van der Waals surface area contributed by atoms with Crippen molar-refractivity contribution in [2.45, 2.75) is 19.8 Å². The fourth-order valence-electron chi connectivity index (χ4n) is 4.09. The Balaban J connectivity index is 1.48. The number of nitrogens with one attached hydrogen (secondary N) is 1. The normalized spacial score (nSPS) is 23.0. The van der Waals surface area contributed by atoms with E-state index in [0.29, 0.717) is 25.9 Å². The van der Waals surface area contributed by atoms with Gasteiger partial charge in [-0.05, 0) is 18.9 Å². The number of aromatic amines is 1. The van der Waals surface area contributed by atoms with Crippen LogP contribution in [0.4, 0.5) is 5.69 Å². The second-order valence-corrected chi connectivity index (χ2v) is 7.30. The molecule has 1 aliphatic carbocycles. The highest BCUT2D eigenvalue weighted by atomic mass is 16.4. The van der Waals surface area contributed by atoms with Gasteiger partial charge in [-0.2, -0.15) is 0 Å². The first kappa shape index (κ1) is 16.8. The molecule has 2 heterocycles. The number of carboxylic acid groups (broad SMARTS) is 1. The molecule has 0 unspecified atom stereocenters. The van der Waals surface area contributed by atoms with E-state index in [0.717, 1.165) is 24.3 Å². The molecule has 1 aromatic carbocycles. The summed E-state index contributed by atoms with van der Waals surface area (Å²) in [7, 11) is 0. The summed E-state index contributed by atoms with van der Waals surface area (Å²) in [5, 5.41) is 12.3. The van der Waals surface area contributed by atoms with Crippen molar-refractivity contribution in [2.75, 3.05) is 31.1 Å². The smallest absolute Gasteiger partial charge is 0.226 e. The molecule has 136 valence electrons. The molecular weight excluding hydrogens is 330 g/mol. The third-order valence-electron chi connectivity index (χ3n) is 5.71. The minimum Gasteiger partial charge on any atom is -0.550 e. The van der Waals surface area contributed by atoms with Crippen LogP contribution in [-0.4, -0.2) is 43.0 Å². The first-order valence-corrected chi connectivity index (χ1v) is 9.21. The Bertz CT molecular complexity index is 859. The van der Waals surface area contributed by atoms with Crippen molar-refractivity contribution < 1.29 is 19.7 Å². The number of nitrogens with zero attached hydrogens (tertiary/aromatic N) is 2. The summed E-state index contributed by atoms with van der Waals surface area (Å²) >= 11 is 0. The Morgan fingerprint density at radius 3 is 2.42 bits per heavy atom. The second-order valence-electron chi connectivity index (χ2n) is 7.30. The van der Waals surface area contributed by atoms with E-state index in [1.807, 2.05) is 24.0 Å². The van der Waals surface area contributed by atoms with Crippen LogP contribution in [0.2, 0.25) is 0 Å². The van der Waals surface area contributed by atoms with Crippen LogP contribution in [-0.2, 0) is 9.59 Å². The van der Waals surface area contributed by atoms with E-state index in [9.17, 15) is 14.7 Å². The van der Waals surface area contributed by atoms with Crippen molar-refractivity contribution in [3.05, 3.63) is 36.0 Å². The molecule has 2 atom stereocenters. The number of H-pyrrole nitrogens is 1. The molecule has 2 fully saturated rings. The number of carbonyl (C=O) groups excluding carboxylic acids is 2. The molecule has 26 heavy (non-hydrogen) atoms. The quantitative estimate of drug-likeness (QED) is 0.800. The van der Waals surface area contributed by atoms with Crippen molar-refractivity contribution in [1.29, 1.82) is 0 Å². The number of benzene rings is 1. The van der Waals surface area contributed by atoms with Crippen molar-refractivity contribution in [3.63, 3.8) is 0 Å². The Morgan fingerprint density at radius 2 is 1.77 bits per heavy atom. The van der Waals surface area contributed by atoms with E-state index in [1.54, 1.807) is 0 Å². The third-order valence-corrected chi connectivity index (χ3v) is 5.71. The van der Waals surface area contributed by atoms with Gasteiger partial charge in [0.15, 0.2) is 5.69 Å². The van der Waals surface area contributed by atoms with Gasteiger partial charge in [-0.1, -0.05) is 12.1 Å². The predicted octanol–water partition coefficient (Wildman–Crippen LogP) is 0.387. The van der Waals surface area contributed by atoms with Gasteiger partial charge in [0.1, 0.15) is 0 Å². The first-order valence-electron chi connectivity index (χ1n) is 9.21. The third kappa shape index (κ3) is 2.89. The van der Waals surface area contributed by atoms with Crippen molar-refractivity contribution in [2.24, 2.45) is 11.8 Å². The summed E-state index contributed by atoms with van der Waals surface area (Å²) in [6, 6.07) is 10.4. The highest BCUT2D eigenvalue weighted by molar-refractivity contribution is 5.90. The maximum absolute atomic E-state index is 12.6. The number of aliphatic carboxylic acids is 1. The Kier molecular flexibility index (Phi) is 4.26. The zero-order valence-corrected chi connectivity index (χ0v) is 14.9. The van der Waals surface area contributed by atoms with Gasteiger partial charge in [-0.3, -0.25) is 4.79 Å². The number of aromatic nitrogens is 1. The molecule has 1 saturated heterocycles. The molecule has 4 rings (SSSR count). The molecule has 6 heteroatoms. The highest BCUT2D eigenvalue weighted by Gasteiger charge is 2.40. The number of hydrogen-bond donors (Lipinski definition) is 0. The van der Waals surface area contributed by atoms with Crippen LogP contribution in [0, 0.1) is 18.8 Å². The number of anilines is 1. The van der Waals surface area contributed by atoms with Crippen LogP contribution < -0.4 is 15.0 Å². The summed E-state index contributed by atoms with van der Waals surface area (Å²) in [4.78, 5) is 31.2. The average molecular weight is 353 g/mol. The van der Waals surface area contributed by atoms with E-state index < -0.39 is 11.9 Å². The van der Waals surface area contributed by atoms with E-state index in [1.165, 1.54) is 11.1 Å². The minimum atomic E-state index is -1.09. The number of pyridine rings is 1. The molecule has 1 N–H and O–H groups in total. The number of para-hydroxylation sites is 1. The first-order chi connectivity index (χ1) is 12.5. The average Bonchev–Trinajstić information content (AvgIpc) is 2.59. The zero-order valence-electron chi connectivity index (χ0n) is 14.9. The molecule has 1 aromatic heterocycles. The number of carbonyl (C=O) groups is 2. The Labute approximate surface area is 152 Å². The van der Waals surface area contributed by atoms with Gasteiger partial charge in [-0.25, -0.2) is 4.98 Å². The molecule has 0 bridgehead atoms. The number of amides is 1. The van der Waals surface area contributed by atoms with Gasteiger partial charge >= 0.3 is 0 Å². The van der Waals surface area contributed by atoms with Crippen molar-refractivity contribution in [3.8, 4) is 0 Å². The topological polar surface area (TPSA) is 77.8 Å². The molecule has 0 radical (unpaired) electrons. The van der Waals surface area contributed by atoms with Gasteiger partial charge < -0.3 is 19.7 Å². The Hall–Kier alpha value is -2.63. The van der Waals surface area contributed by atoms with E-state index in [4.69, 9.17) is 0 Å². The minimum absolute atomic E-state index is 0.0208. The Morgan fingerprint density at radius 1 is 1.08 bits per heavy atom. The summed E-state index contributed by atoms with van der Waals surface area (Å²) in [5.41, 5.74) is 3.39. The lowest BCUT2D eigenvalue weighted by molar-refractivity contribution is -0.354. The lowest BCUT2D eigenvalue weighted by Crippen LogP contribution is -2.55. The van der Waals surface area contributed by atoms with Crippen LogP contribution in [0.25, 0.3) is 10.9 Å². The fourth-order valence-corrected chi connectivity index (χ4v) is 4.09. The standard InChI is InChI=1S/C20H23N3O3/c1-13-12-18(16-4-2-3-5-17(16)21-13)22-8-10-23(11-9-22)19(24)14-6-7-15(14)20(25)26/h2-5,12,14-15H,6-11H2,1H3,(H,25,26)/t14-,15-/m0/s1. The predicted molar refractivity (Wildman–Crippen MR) is 95.3 cm³/mol. The molecule has 0 spiro atoms. The van der Waals surface area contributed by atoms with Gasteiger partial charge in [-0.15, -0.1) is 0 Å². The summed E-state index contributed by atoms with van der Waals surface area (Å²) < 4.78 is 0. The highest BCUT2D eigenvalue weighted by Crippen LogP contribution is 2.35. The summed E-state index contributed by atoms with van der Waals surface area (Å²) in [6.45, 7) is 4.80. The summed E-state index contributed by atoms with van der Waals surface area (Å²) in [5.74, 6) is -2.10. The molecule has 1 amide bonds. The molecule has 1 aliphatic heterocycles. The molecule has 1 saturated carbocycles. The number of fused-ring (bicyclic) bond motifs is 1. The van der Waals surface area contributed by atoms with Gasteiger partial charge in [0, 0.05) is 63.0 Å². The molecule has 2 aromatic rings. The largest absolute Gasteiger partial charge is 0.550 e. The van der Waals surface area contributed by atoms with Crippen molar-refractivity contribution in [1.82, 2.24) is 4.90 Å². The van der Waals surface area contributed by atoms with Gasteiger partial charge in [0.25, 0.3) is 0 Å². The number of hydrogen-bond acceptors (Lipinski definition) is 4. The summed E-state index contributed by atoms with van der Waals surface area (Å²) in [6.07, 6.45) is 1.22. The lowest BCUT2D eigenvalue weighted by atomic mass is 9.73. The zero-order chi connectivity index (χ0) is 18.3. The van der Waals surface area contributed by atoms with E-state index in [2.05, 4.69) is 28.1 Å². The second kappa shape index (κ2) is 6.59. The van der Waals surface area contributed by atoms with Crippen LogP contribution in [0.3, 0.4) is 0 Å². The monoisotopic (exact) mass is 353 g/mol. The van der Waals surface area contributed by atoms with Crippen LogP contribution in [0.1, 0.15) is 18.5 Å². The molecule has 2 aliphatic rings. The van der Waals surface area contributed by atoms with Crippen molar-refractivity contribution >= 4 is 28.5 Å². The fraction of sp³-hybridized carbons (Fsp3) is 0.450. The number of piperazine rings is 1. The lowest BCUT2D eigenvalue weighted by Gasteiger charge is -2.42.